The Kier molecular flexibility index (Phi) is 3.86. The summed E-state index contributed by atoms with van der Waals surface area (Å²) in [5.74, 6) is 0.792. The van der Waals surface area contributed by atoms with Crippen molar-refractivity contribution >= 4 is 0 Å². The Morgan fingerprint density at radius 1 is 1.21 bits per heavy atom. The molecule has 4 rings (SSSR count). The van der Waals surface area contributed by atoms with Gasteiger partial charge in [0, 0.05) is 67.2 Å². The highest BCUT2D eigenvalue weighted by atomic mass is 15.1. The van der Waals surface area contributed by atoms with E-state index in [2.05, 4.69) is 39.8 Å². The fourth-order valence-corrected chi connectivity index (χ4v) is 3.32. The van der Waals surface area contributed by atoms with E-state index in [1.54, 1.807) is 12.4 Å². The summed E-state index contributed by atoms with van der Waals surface area (Å²) in [5.41, 5.74) is 7.30. The molecule has 3 aromatic rings. The molecule has 0 spiro atoms. The monoisotopic (exact) mass is 319 g/mol. The van der Waals surface area contributed by atoms with Crippen LogP contribution in [0.5, 0.6) is 0 Å². The van der Waals surface area contributed by atoms with Crippen LogP contribution in [0.15, 0.2) is 36.8 Å². The molecule has 3 aromatic heterocycles. The van der Waals surface area contributed by atoms with Crippen molar-refractivity contribution in [2.75, 3.05) is 6.54 Å². The number of pyridine rings is 1. The van der Waals surface area contributed by atoms with Gasteiger partial charge in [0.15, 0.2) is 5.82 Å². The lowest BCUT2D eigenvalue weighted by Crippen LogP contribution is -2.31. The maximum Gasteiger partial charge on any atom is 0.159 e. The van der Waals surface area contributed by atoms with Gasteiger partial charge >= 0.3 is 0 Å². The molecule has 24 heavy (non-hydrogen) atoms. The molecule has 0 atom stereocenters. The van der Waals surface area contributed by atoms with Crippen molar-refractivity contribution in [3.05, 3.63) is 65.0 Å². The van der Waals surface area contributed by atoms with Crippen molar-refractivity contribution in [3.8, 4) is 11.4 Å². The van der Waals surface area contributed by atoms with Crippen molar-refractivity contribution in [2.45, 2.75) is 33.4 Å². The predicted octanol–water partition coefficient (Wildman–Crippen LogP) is 3.04. The third kappa shape index (κ3) is 2.95. The van der Waals surface area contributed by atoms with E-state index in [-0.39, 0.29) is 0 Å². The van der Waals surface area contributed by atoms with Crippen LogP contribution < -0.4 is 0 Å². The maximum absolute atomic E-state index is 4.77. The number of rotatable bonds is 3. The van der Waals surface area contributed by atoms with Crippen molar-refractivity contribution in [3.63, 3.8) is 0 Å². The topological polar surface area (TPSA) is 57.7 Å². The average molecular weight is 319 g/mol. The number of nitrogens with one attached hydrogen (secondary N) is 1. The highest BCUT2D eigenvalue weighted by Crippen LogP contribution is 2.22. The molecule has 0 fully saturated rings. The minimum Gasteiger partial charge on any atom is -0.361 e. The SMILES string of the molecule is Cc1cc(C)c(CN2CCc3nc(-c4ccncc4)ncc3C2)[nH]1. The molecule has 5 nitrogen and oxygen atoms in total. The smallest absolute Gasteiger partial charge is 0.159 e. The van der Waals surface area contributed by atoms with Gasteiger partial charge in [-0.15, -0.1) is 0 Å². The predicted molar refractivity (Wildman–Crippen MR) is 93.3 cm³/mol. The molecule has 0 aromatic carbocycles. The van der Waals surface area contributed by atoms with Gasteiger partial charge in [-0.3, -0.25) is 9.88 Å². The van der Waals surface area contributed by atoms with Crippen LogP contribution in [-0.2, 0) is 19.5 Å². The molecular weight excluding hydrogens is 298 g/mol. The molecule has 122 valence electrons. The molecule has 5 heteroatoms. The molecule has 1 aliphatic heterocycles. The zero-order chi connectivity index (χ0) is 16.5. The van der Waals surface area contributed by atoms with E-state index in [1.807, 2.05) is 18.3 Å². The second-order valence-electron chi connectivity index (χ2n) is 6.48. The number of aromatic amines is 1. The molecule has 0 saturated heterocycles. The van der Waals surface area contributed by atoms with E-state index in [9.17, 15) is 0 Å². The van der Waals surface area contributed by atoms with Gasteiger partial charge in [-0.2, -0.15) is 0 Å². The van der Waals surface area contributed by atoms with E-state index in [1.165, 1.54) is 28.2 Å². The molecule has 4 heterocycles. The van der Waals surface area contributed by atoms with Crippen LogP contribution in [0, 0.1) is 13.8 Å². The van der Waals surface area contributed by atoms with Crippen LogP contribution in [0.4, 0.5) is 0 Å². The summed E-state index contributed by atoms with van der Waals surface area (Å²) < 4.78 is 0. The van der Waals surface area contributed by atoms with Gasteiger partial charge in [0.2, 0.25) is 0 Å². The first-order chi connectivity index (χ1) is 11.7. The minimum atomic E-state index is 0.792. The fourth-order valence-electron chi connectivity index (χ4n) is 3.32. The van der Waals surface area contributed by atoms with Crippen LogP contribution in [-0.4, -0.2) is 31.4 Å². The number of H-pyrrole nitrogens is 1. The molecule has 0 amide bonds. The minimum absolute atomic E-state index is 0.792. The maximum atomic E-state index is 4.77. The summed E-state index contributed by atoms with van der Waals surface area (Å²) in [7, 11) is 0. The Morgan fingerprint density at radius 3 is 2.79 bits per heavy atom. The number of nitrogens with zero attached hydrogens (tertiary/aromatic N) is 4. The summed E-state index contributed by atoms with van der Waals surface area (Å²) in [6.45, 7) is 7.16. The van der Waals surface area contributed by atoms with Gasteiger partial charge < -0.3 is 4.98 Å². The van der Waals surface area contributed by atoms with Gasteiger partial charge in [0.1, 0.15) is 0 Å². The molecule has 0 saturated carbocycles. The highest BCUT2D eigenvalue weighted by Gasteiger charge is 2.19. The van der Waals surface area contributed by atoms with Crippen LogP contribution in [0.1, 0.15) is 28.2 Å². The van der Waals surface area contributed by atoms with Crippen molar-refractivity contribution < 1.29 is 0 Å². The fraction of sp³-hybridized carbons (Fsp3) is 0.316. The lowest BCUT2D eigenvalue weighted by atomic mass is 10.1. The number of aromatic nitrogens is 4. The van der Waals surface area contributed by atoms with E-state index in [0.717, 1.165) is 37.4 Å². The number of hydrogen-bond donors (Lipinski definition) is 1. The lowest BCUT2D eigenvalue weighted by Gasteiger charge is -2.28. The number of fused-ring (bicyclic) bond motifs is 1. The standard InChI is InChI=1S/C19H21N5/c1-13-9-14(2)22-18(13)12-24-8-5-17-16(11-24)10-21-19(23-17)15-3-6-20-7-4-15/h3-4,6-7,9-10,22H,5,8,11-12H2,1-2H3. The molecular formula is C19H21N5. The Morgan fingerprint density at radius 2 is 2.04 bits per heavy atom. The Hall–Kier alpha value is -2.53. The summed E-state index contributed by atoms with van der Waals surface area (Å²) >= 11 is 0. The van der Waals surface area contributed by atoms with Gasteiger partial charge in [0.25, 0.3) is 0 Å². The van der Waals surface area contributed by atoms with Crippen molar-refractivity contribution in [1.29, 1.82) is 0 Å². The Bertz CT molecular complexity index is 853. The quantitative estimate of drug-likeness (QED) is 0.806. The molecule has 0 bridgehead atoms. The van der Waals surface area contributed by atoms with Gasteiger partial charge in [-0.05, 0) is 37.6 Å². The molecule has 1 N–H and O–H groups in total. The van der Waals surface area contributed by atoms with E-state index in [4.69, 9.17) is 4.98 Å². The summed E-state index contributed by atoms with van der Waals surface area (Å²) in [6.07, 6.45) is 6.51. The summed E-state index contributed by atoms with van der Waals surface area (Å²) in [5, 5.41) is 0. The third-order valence-electron chi connectivity index (χ3n) is 4.59. The normalized spacial score (nSPS) is 14.6. The summed E-state index contributed by atoms with van der Waals surface area (Å²) in [4.78, 5) is 19.3. The van der Waals surface area contributed by atoms with Gasteiger partial charge in [-0.1, -0.05) is 0 Å². The molecule has 1 aliphatic rings. The van der Waals surface area contributed by atoms with Gasteiger partial charge in [0.05, 0.1) is 5.69 Å². The number of hydrogen-bond acceptors (Lipinski definition) is 4. The second kappa shape index (κ2) is 6.17. The van der Waals surface area contributed by atoms with Crippen molar-refractivity contribution in [2.24, 2.45) is 0 Å². The highest BCUT2D eigenvalue weighted by molar-refractivity contribution is 5.54. The zero-order valence-electron chi connectivity index (χ0n) is 14.1. The van der Waals surface area contributed by atoms with E-state index in [0.29, 0.717) is 0 Å². The van der Waals surface area contributed by atoms with Crippen molar-refractivity contribution in [1.82, 2.24) is 24.8 Å². The molecule has 0 radical (unpaired) electrons. The summed E-state index contributed by atoms with van der Waals surface area (Å²) in [6, 6.07) is 6.11. The molecule has 0 aliphatic carbocycles. The van der Waals surface area contributed by atoms with Crippen LogP contribution in [0.2, 0.25) is 0 Å². The third-order valence-corrected chi connectivity index (χ3v) is 4.59. The molecule has 0 unspecified atom stereocenters. The first-order valence-corrected chi connectivity index (χ1v) is 8.31. The van der Waals surface area contributed by atoms with Crippen LogP contribution in [0.25, 0.3) is 11.4 Å². The van der Waals surface area contributed by atoms with E-state index < -0.39 is 0 Å². The largest absolute Gasteiger partial charge is 0.361 e. The van der Waals surface area contributed by atoms with Gasteiger partial charge in [-0.25, -0.2) is 9.97 Å². The first-order valence-electron chi connectivity index (χ1n) is 8.31. The van der Waals surface area contributed by atoms with Crippen LogP contribution in [0.3, 0.4) is 0 Å². The first kappa shape index (κ1) is 15.0. The zero-order valence-corrected chi connectivity index (χ0v) is 14.1. The lowest BCUT2D eigenvalue weighted by molar-refractivity contribution is 0.240. The van der Waals surface area contributed by atoms with E-state index >= 15 is 0 Å². The number of aryl methyl sites for hydroxylation is 2. The Balaban J connectivity index is 1.53. The van der Waals surface area contributed by atoms with Crippen LogP contribution >= 0.6 is 0 Å². The average Bonchev–Trinajstić information content (AvgIpc) is 2.92. The Labute approximate surface area is 141 Å². The second-order valence-corrected chi connectivity index (χ2v) is 6.48.